The van der Waals surface area contributed by atoms with E-state index in [0.29, 0.717) is 6.61 Å². The fourth-order valence-electron chi connectivity index (χ4n) is 0.857. The van der Waals surface area contributed by atoms with E-state index in [0.717, 1.165) is 25.5 Å². The number of hydrogen-bond acceptors (Lipinski definition) is 3. The van der Waals surface area contributed by atoms with E-state index in [1.165, 1.54) is 13.0 Å². The lowest BCUT2D eigenvalue weighted by molar-refractivity contribution is -0.139. The van der Waals surface area contributed by atoms with Gasteiger partial charge in [-0.05, 0) is 25.3 Å². The molecule has 14 heavy (non-hydrogen) atoms. The lowest BCUT2D eigenvalue weighted by Crippen LogP contribution is -1.97. The third kappa shape index (κ3) is 10.6. The van der Waals surface area contributed by atoms with Crippen LogP contribution in [0.2, 0.25) is 0 Å². The molecule has 0 amide bonds. The molecule has 0 saturated heterocycles. The minimum atomic E-state index is -0.261. The topological polar surface area (TPSA) is 43.4 Å². The van der Waals surface area contributed by atoms with Gasteiger partial charge in [-0.2, -0.15) is 0 Å². The third-order valence-corrected chi connectivity index (χ3v) is 1.51. The Bertz CT molecular complexity index is 217. The Hall–Kier alpha value is -1.38. The highest BCUT2D eigenvalue weighted by Gasteiger charge is 1.86. The Morgan fingerprint density at radius 3 is 2.57 bits per heavy atom. The summed E-state index contributed by atoms with van der Waals surface area (Å²) in [6.07, 6.45) is 10.7. The predicted molar refractivity (Wildman–Crippen MR) is 54.8 cm³/mol. The summed E-state index contributed by atoms with van der Waals surface area (Å²) in [4.78, 5) is 20.2. The summed E-state index contributed by atoms with van der Waals surface area (Å²) in [6.45, 7) is 1.73. The molecule has 0 aromatic rings. The molecule has 0 spiro atoms. The second-order valence-electron chi connectivity index (χ2n) is 2.77. The summed E-state index contributed by atoms with van der Waals surface area (Å²) in [5.41, 5.74) is 0. The van der Waals surface area contributed by atoms with Gasteiger partial charge in [0.05, 0.1) is 0 Å². The molecule has 3 nitrogen and oxygen atoms in total. The van der Waals surface area contributed by atoms with E-state index in [4.69, 9.17) is 4.74 Å². The highest BCUT2D eigenvalue weighted by Crippen LogP contribution is 1.97. The Morgan fingerprint density at radius 1 is 1.21 bits per heavy atom. The molecule has 0 rings (SSSR count). The van der Waals surface area contributed by atoms with Crippen molar-refractivity contribution in [1.29, 1.82) is 0 Å². The van der Waals surface area contributed by atoms with Crippen LogP contribution < -0.4 is 0 Å². The van der Waals surface area contributed by atoms with Crippen molar-refractivity contribution in [1.82, 2.24) is 0 Å². The first-order valence-electron chi connectivity index (χ1n) is 4.66. The number of unbranched alkanes of at least 4 members (excludes halogenated alkanes) is 2. The molecule has 3 heteroatoms. The van der Waals surface area contributed by atoms with Crippen LogP contribution in [0.25, 0.3) is 0 Å². The minimum absolute atomic E-state index is 0.261. The van der Waals surface area contributed by atoms with Gasteiger partial charge in [0.1, 0.15) is 12.9 Å². The number of carbonyl (C=O) groups excluding carboxylic acids is 2. The monoisotopic (exact) mass is 196 g/mol. The second-order valence-corrected chi connectivity index (χ2v) is 2.77. The molecular formula is C11H16O3. The SMILES string of the molecule is CC(=O)OC/C=C\CCC/C=C/C=O. The second kappa shape index (κ2) is 9.71. The fourth-order valence-corrected chi connectivity index (χ4v) is 0.857. The Balaban J connectivity index is 3.22. The van der Waals surface area contributed by atoms with E-state index < -0.39 is 0 Å². The molecule has 0 aliphatic heterocycles. The van der Waals surface area contributed by atoms with Gasteiger partial charge in [0, 0.05) is 6.92 Å². The minimum Gasteiger partial charge on any atom is -0.462 e. The largest absolute Gasteiger partial charge is 0.462 e. The molecule has 0 fully saturated rings. The van der Waals surface area contributed by atoms with E-state index in [9.17, 15) is 9.59 Å². The molecule has 0 radical (unpaired) electrons. The number of carbonyl (C=O) groups is 2. The van der Waals surface area contributed by atoms with Crippen molar-refractivity contribution in [3.05, 3.63) is 24.3 Å². The summed E-state index contributed by atoms with van der Waals surface area (Å²) in [7, 11) is 0. The number of ether oxygens (including phenoxy) is 1. The highest BCUT2D eigenvalue weighted by molar-refractivity contribution is 5.66. The van der Waals surface area contributed by atoms with Gasteiger partial charge < -0.3 is 4.74 Å². The van der Waals surface area contributed by atoms with Gasteiger partial charge in [0.25, 0.3) is 0 Å². The van der Waals surface area contributed by atoms with Crippen molar-refractivity contribution in [2.45, 2.75) is 26.2 Å². The average Bonchev–Trinajstić information content (AvgIpc) is 2.15. The van der Waals surface area contributed by atoms with Crippen LogP contribution in [0, 0.1) is 0 Å². The maximum atomic E-state index is 10.4. The first-order chi connectivity index (χ1) is 6.77. The van der Waals surface area contributed by atoms with Crippen LogP contribution >= 0.6 is 0 Å². The Labute approximate surface area is 84.4 Å². The molecule has 0 saturated carbocycles. The molecule has 0 aromatic carbocycles. The highest BCUT2D eigenvalue weighted by atomic mass is 16.5. The van der Waals surface area contributed by atoms with Gasteiger partial charge in [0.15, 0.2) is 0 Å². The van der Waals surface area contributed by atoms with Gasteiger partial charge in [-0.15, -0.1) is 0 Å². The predicted octanol–water partition coefficient (Wildman–Crippen LogP) is 2.03. The molecule has 0 atom stereocenters. The van der Waals surface area contributed by atoms with Crippen LogP contribution in [-0.2, 0) is 14.3 Å². The van der Waals surface area contributed by atoms with E-state index >= 15 is 0 Å². The summed E-state index contributed by atoms with van der Waals surface area (Å²) >= 11 is 0. The average molecular weight is 196 g/mol. The first-order valence-corrected chi connectivity index (χ1v) is 4.66. The maximum absolute atomic E-state index is 10.4. The van der Waals surface area contributed by atoms with Gasteiger partial charge >= 0.3 is 5.97 Å². The van der Waals surface area contributed by atoms with Crippen LogP contribution in [0.4, 0.5) is 0 Å². The molecule has 0 unspecified atom stereocenters. The van der Waals surface area contributed by atoms with Crippen molar-refractivity contribution in [3.63, 3.8) is 0 Å². The molecule has 0 aliphatic carbocycles. The Kier molecular flexibility index (Phi) is 8.75. The van der Waals surface area contributed by atoms with E-state index in [-0.39, 0.29) is 5.97 Å². The zero-order chi connectivity index (χ0) is 10.6. The van der Waals surface area contributed by atoms with E-state index in [2.05, 4.69) is 0 Å². The third-order valence-electron chi connectivity index (χ3n) is 1.51. The molecule has 0 N–H and O–H groups in total. The summed E-state index contributed by atoms with van der Waals surface area (Å²) in [5.74, 6) is -0.261. The molecule has 0 aromatic heterocycles. The number of esters is 1. The van der Waals surface area contributed by atoms with Crippen molar-refractivity contribution >= 4 is 12.3 Å². The normalized spacial score (nSPS) is 10.9. The summed E-state index contributed by atoms with van der Waals surface area (Å²) in [6, 6.07) is 0. The molecule has 0 heterocycles. The van der Waals surface area contributed by atoms with Crippen molar-refractivity contribution in [2.24, 2.45) is 0 Å². The smallest absolute Gasteiger partial charge is 0.302 e. The lowest BCUT2D eigenvalue weighted by Gasteiger charge is -1.94. The molecule has 0 aliphatic rings. The summed E-state index contributed by atoms with van der Waals surface area (Å²) < 4.78 is 4.70. The number of rotatable bonds is 7. The quantitative estimate of drug-likeness (QED) is 0.206. The standard InChI is InChI=1S/C11H16O3/c1-11(13)14-10-8-6-4-2-3-5-7-9-12/h5-9H,2-4,10H2,1H3/b7-5+,8-6-. The van der Waals surface area contributed by atoms with Crippen molar-refractivity contribution in [3.8, 4) is 0 Å². The number of hydrogen-bond donors (Lipinski definition) is 0. The fraction of sp³-hybridized carbons (Fsp3) is 0.455. The zero-order valence-electron chi connectivity index (χ0n) is 8.44. The van der Waals surface area contributed by atoms with Crippen LogP contribution in [0.1, 0.15) is 26.2 Å². The number of aldehydes is 1. The zero-order valence-corrected chi connectivity index (χ0v) is 8.44. The van der Waals surface area contributed by atoms with Crippen LogP contribution in [0.15, 0.2) is 24.3 Å². The van der Waals surface area contributed by atoms with Crippen LogP contribution in [-0.4, -0.2) is 18.9 Å². The van der Waals surface area contributed by atoms with Gasteiger partial charge in [-0.3, -0.25) is 9.59 Å². The van der Waals surface area contributed by atoms with Crippen LogP contribution in [0.3, 0.4) is 0 Å². The maximum Gasteiger partial charge on any atom is 0.302 e. The van der Waals surface area contributed by atoms with E-state index in [1.807, 2.05) is 18.2 Å². The van der Waals surface area contributed by atoms with Gasteiger partial charge in [-0.1, -0.05) is 18.2 Å². The first kappa shape index (κ1) is 12.6. The van der Waals surface area contributed by atoms with Gasteiger partial charge in [-0.25, -0.2) is 0 Å². The Morgan fingerprint density at radius 2 is 1.93 bits per heavy atom. The molecular weight excluding hydrogens is 180 g/mol. The summed E-state index contributed by atoms with van der Waals surface area (Å²) in [5, 5.41) is 0. The number of allylic oxidation sites excluding steroid dienone is 3. The van der Waals surface area contributed by atoms with Crippen molar-refractivity contribution < 1.29 is 14.3 Å². The van der Waals surface area contributed by atoms with Crippen LogP contribution in [0.5, 0.6) is 0 Å². The van der Waals surface area contributed by atoms with Gasteiger partial charge in [0.2, 0.25) is 0 Å². The van der Waals surface area contributed by atoms with E-state index in [1.54, 1.807) is 0 Å². The lowest BCUT2D eigenvalue weighted by atomic mass is 10.2. The van der Waals surface area contributed by atoms with Crippen molar-refractivity contribution in [2.75, 3.05) is 6.61 Å². The molecule has 78 valence electrons. The molecule has 0 bridgehead atoms.